The van der Waals surface area contributed by atoms with Crippen LogP contribution in [0, 0.1) is 39.9 Å². The Hall–Kier alpha value is -2.18. The van der Waals surface area contributed by atoms with Gasteiger partial charge in [-0.25, -0.2) is 4.18 Å². The number of ether oxygens (including phenoxy) is 3. The van der Waals surface area contributed by atoms with Crippen molar-refractivity contribution in [2.24, 2.45) is 39.9 Å². The highest BCUT2D eigenvalue weighted by molar-refractivity contribution is 7.80. The van der Waals surface area contributed by atoms with Crippen molar-refractivity contribution in [2.75, 3.05) is 6.61 Å². The minimum atomic E-state index is -5.26. The van der Waals surface area contributed by atoms with Gasteiger partial charge in [0.15, 0.2) is 17.8 Å². The fourth-order valence-corrected chi connectivity index (χ4v) is 10.5. The van der Waals surface area contributed by atoms with Gasteiger partial charge in [0.1, 0.15) is 18.3 Å². The van der Waals surface area contributed by atoms with Gasteiger partial charge < -0.3 is 39.7 Å². The Labute approximate surface area is 273 Å². The zero-order chi connectivity index (χ0) is 34.9. The number of carboxylic acid groups (broad SMARTS) is 2. The molecule has 1 spiro atoms. The number of hydrogen-bond donors (Lipinski definition) is 6. The average Bonchev–Trinajstić information content (AvgIpc) is 3.13. The summed E-state index contributed by atoms with van der Waals surface area (Å²) in [5, 5.41) is 53.5. The van der Waals surface area contributed by atoms with Crippen LogP contribution in [0.5, 0.6) is 0 Å². The first-order chi connectivity index (χ1) is 21.8. The van der Waals surface area contributed by atoms with Crippen molar-refractivity contribution in [3.05, 3.63) is 12.2 Å². The van der Waals surface area contributed by atoms with Crippen molar-refractivity contribution < 1.29 is 71.3 Å². The van der Waals surface area contributed by atoms with E-state index in [1.165, 1.54) is 0 Å². The third-order valence-electron chi connectivity index (χ3n) is 11.8. The summed E-state index contributed by atoms with van der Waals surface area (Å²) in [6.07, 6.45) is -9.11. The summed E-state index contributed by atoms with van der Waals surface area (Å²) >= 11 is 0. The molecule has 5 fully saturated rings. The van der Waals surface area contributed by atoms with Crippen molar-refractivity contribution in [2.45, 2.75) is 115 Å². The van der Waals surface area contributed by atoms with Crippen molar-refractivity contribution in [3.63, 3.8) is 0 Å². The van der Waals surface area contributed by atoms with E-state index < -0.39 is 106 Å². The summed E-state index contributed by atoms with van der Waals surface area (Å²) in [4.78, 5) is 39.0. The zero-order valence-electron chi connectivity index (χ0n) is 26.7. The van der Waals surface area contributed by atoms with Crippen LogP contribution in [0.1, 0.15) is 72.1 Å². The summed E-state index contributed by atoms with van der Waals surface area (Å²) in [5.74, 6) is -5.21. The third kappa shape index (κ3) is 6.02. The molecule has 4 aliphatic carbocycles. The number of fused-ring (bicyclic) bond motifs is 3. The lowest BCUT2D eigenvalue weighted by Crippen LogP contribution is -2.66. The number of carboxylic acids is 2. The first-order valence-corrected chi connectivity index (χ1v) is 17.5. The molecule has 0 aromatic carbocycles. The largest absolute Gasteiger partial charge is 0.480 e. The third-order valence-corrected chi connectivity index (χ3v) is 12.3. The summed E-state index contributed by atoms with van der Waals surface area (Å²) in [6.45, 7) is 8.52. The lowest BCUT2D eigenvalue weighted by atomic mass is 9.40. The van der Waals surface area contributed by atoms with Gasteiger partial charge in [-0.05, 0) is 73.2 Å². The lowest BCUT2D eigenvalue weighted by molar-refractivity contribution is -0.321. The quantitative estimate of drug-likeness (QED) is 0.0622. The highest BCUT2D eigenvalue weighted by Crippen LogP contribution is 2.72. The van der Waals surface area contributed by atoms with E-state index in [9.17, 15) is 52.9 Å². The molecule has 0 aromatic heterocycles. The Kier molecular flexibility index (Phi) is 9.69. The van der Waals surface area contributed by atoms with Crippen molar-refractivity contribution in [1.82, 2.24) is 0 Å². The molecule has 12 atom stereocenters. The molecule has 6 N–H and O–H groups in total. The predicted octanol–water partition coefficient (Wildman–Crippen LogP) is 1.29. The summed E-state index contributed by atoms with van der Waals surface area (Å²) in [5.41, 5.74) is -3.20. The van der Waals surface area contributed by atoms with Crippen LogP contribution in [0.3, 0.4) is 0 Å². The van der Waals surface area contributed by atoms with E-state index in [1.807, 2.05) is 6.92 Å². The minimum Gasteiger partial charge on any atom is -0.480 e. The molecular formula is C31H46O15S. The van der Waals surface area contributed by atoms with Gasteiger partial charge >= 0.3 is 28.3 Å². The number of hydrogen-bond acceptors (Lipinski definition) is 12. The van der Waals surface area contributed by atoms with Crippen LogP contribution in [0.4, 0.5) is 0 Å². The van der Waals surface area contributed by atoms with Crippen LogP contribution >= 0.6 is 0 Å². The monoisotopic (exact) mass is 690 g/mol. The highest BCUT2D eigenvalue weighted by Gasteiger charge is 2.72. The molecule has 16 heteroatoms. The van der Waals surface area contributed by atoms with Gasteiger partial charge in [-0.15, -0.1) is 0 Å². The highest BCUT2D eigenvalue weighted by atomic mass is 32.3. The van der Waals surface area contributed by atoms with E-state index in [0.717, 1.165) is 5.57 Å². The fourth-order valence-electron chi connectivity index (χ4n) is 10.0. The number of carbonyl (C=O) groups excluding carboxylic acids is 1. The molecule has 5 aliphatic rings. The van der Waals surface area contributed by atoms with Gasteiger partial charge in [0, 0.05) is 18.3 Å². The summed E-state index contributed by atoms with van der Waals surface area (Å²) in [6, 6.07) is 0. The SMILES string of the molecule is C=C1C(O)[C@@]23CC[C@@H]4C(C(=O)O)(C(=O)O)CC(O[C@@H]5O[C@H](CO)[C@@H](O)[C@H](OS(=O)(=O)O)[C@H]5OC(=O)CC(C)C)C[C@@]4(C)[C@@H]2CC[C@@H]1C3. The second-order valence-electron chi connectivity index (χ2n) is 14.8. The Bertz CT molecular complexity index is 1370. The van der Waals surface area contributed by atoms with Gasteiger partial charge in [-0.2, -0.15) is 8.42 Å². The summed E-state index contributed by atoms with van der Waals surface area (Å²) in [7, 11) is -5.26. The van der Waals surface area contributed by atoms with Crippen LogP contribution in [-0.4, -0.2) is 106 Å². The maximum absolute atomic E-state index is 13.1. The predicted molar refractivity (Wildman–Crippen MR) is 159 cm³/mol. The molecule has 5 rings (SSSR count). The van der Waals surface area contributed by atoms with Gasteiger partial charge in [-0.1, -0.05) is 27.4 Å². The van der Waals surface area contributed by atoms with Gasteiger partial charge in [0.25, 0.3) is 0 Å². The van der Waals surface area contributed by atoms with Crippen molar-refractivity contribution in [1.29, 1.82) is 0 Å². The first kappa shape index (κ1) is 36.1. The number of esters is 1. The molecule has 2 bridgehead atoms. The standard InChI is InChI=1S/C31H46O15S/c1-14(2)9-21(33)45-24-23(46-47(40,41)42)22(34)18(13-32)44-26(24)43-17-11-29(4)19-6-5-16-10-30(19,25(35)15(16)3)8-7-20(29)31(12-17,27(36)37)28(38)39/h14,16-20,22-26,32,34-35H,3,5-13H2,1-2,4H3,(H,36,37)(H,38,39)(H,40,41,42)/t16-,17?,18-,19+,20+,22-,23+,24-,25?,26-,29+,30-/m1/s1. The molecule has 1 heterocycles. The zero-order valence-corrected chi connectivity index (χ0v) is 27.5. The van der Waals surface area contributed by atoms with E-state index in [0.29, 0.717) is 25.7 Å². The van der Waals surface area contributed by atoms with Gasteiger partial charge in [0.2, 0.25) is 0 Å². The molecule has 47 heavy (non-hydrogen) atoms. The number of aliphatic hydroxyl groups is 3. The lowest BCUT2D eigenvalue weighted by Gasteiger charge is -2.64. The van der Waals surface area contributed by atoms with Gasteiger partial charge in [-0.3, -0.25) is 18.9 Å². The Balaban J connectivity index is 1.55. The molecule has 4 saturated carbocycles. The summed E-state index contributed by atoms with van der Waals surface area (Å²) < 4.78 is 55.4. The number of aliphatic hydroxyl groups excluding tert-OH is 3. The van der Waals surface area contributed by atoms with Crippen LogP contribution in [0.2, 0.25) is 0 Å². The molecule has 1 saturated heterocycles. The Morgan fingerprint density at radius 2 is 1.68 bits per heavy atom. The van der Waals surface area contributed by atoms with Crippen molar-refractivity contribution in [3.8, 4) is 0 Å². The second kappa shape index (κ2) is 12.6. The fraction of sp³-hybridized carbons (Fsp3) is 0.839. The van der Waals surface area contributed by atoms with Crippen LogP contribution in [0.25, 0.3) is 0 Å². The molecule has 15 nitrogen and oxygen atoms in total. The maximum atomic E-state index is 13.1. The first-order valence-electron chi connectivity index (χ1n) is 16.1. The number of carbonyl (C=O) groups is 3. The molecule has 266 valence electrons. The van der Waals surface area contributed by atoms with E-state index >= 15 is 0 Å². The van der Waals surface area contributed by atoms with Crippen molar-refractivity contribution >= 4 is 28.3 Å². The molecule has 0 amide bonds. The van der Waals surface area contributed by atoms with E-state index in [-0.39, 0.29) is 37.0 Å². The smallest absolute Gasteiger partial charge is 0.397 e. The number of rotatable bonds is 10. The normalized spacial score (nSPS) is 42.8. The molecule has 0 aromatic rings. The minimum absolute atomic E-state index is 0.110. The molecule has 1 aliphatic heterocycles. The molecule has 2 unspecified atom stereocenters. The Morgan fingerprint density at radius 3 is 2.26 bits per heavy atom. The van der Waals surface area contributed by atoms with Crippen LogP contribution < -0.4 is 0 Å². The van der Waals surface area contributed by atoms with Crippen LogP contribution in [0.15, 0.2) is 12.2 Å². The maximum Gasteiger partial charge on any atom is 0.397 e. The molecular weight excluding hydrogens is 644 g/mol. The Morgan fingerprint density at radius 1 is 1.02 bits per heavy atom. The van der Waals surface area contributed by atoms with E-state index in [1.54, 1.807) is 13.8 Å². The number of aliphatic carboxylic acids is 2. The average molecular weight is 691 g/mol. The van der Waals surface area contributed by atoms with E-state index in [4.69, 9.17) is 18.4 Å². The molecule has 0 radical (unpaired) electrons. The topological polar surface area (TPSA) is 244 Å². The van der Waals surface area contributed by atoms with Gasteiger partial charge in [0.05, 0.1) is 18.8 Å². The second-order valence-corrected chi connectivity index (χ2v) is 15.9. The van der Waals surface area contributed by atoms with Crippen LogP contribution in [-0.2, 0) is 43.2 Å². The van der Waals surface area contributed by atoms with E-state index in [2.05, 4.69) is 6.58 Å².